The standard InChI is InChI=1S/C29H31N5O6/c1-2-40-29(39)24(33-27(37)25-22(16-35)21-5-3-4-6-23(21)32-25)12-11-20(36)15-18-13-14-34(28(18)38)19-9-7-17(8-10-19)26(30)31/h3-10,16,18,24,32H,2,11-15H2,1H3,(H3,30,31)(H,33,37)/t18?,24-/m0/s1. The number of amidine groups is 1. The lowest BCUT2D eigenvalue weighted by Gasteiger charge is -2.18. The summed E-state index contributed by atoms with van der Waals surface area (Å²) >= 11 is 0. The number of para-hydroxylation sites is 1. The van der Waals surface area contributed by atoms with Crippen LogP contribution in [0.2, 0.25) is 0 Å². The van der Waals surface area contributed by atoms with E-state index in [1.807, 2.05) is 0 Å². The number of ether oxygens (including phenoxy) is 1. The first-order valence-electron chi connectivity index (χ1n) is 13.0. The van der Waals surface area contributed by atoms with E-state index < -0.39 is 23.8 Å². The van der Waals surface area contributed by atoms with Crippen LogP contribution < -0.4 is 16.0 Å². The Labute approximate surface area is 230 Å². The fraction of sp³-hybridized carbons (Fsp3) is 0.310. The number of anilines is 1. The number of nitrogens with zero attached hydrogens (tertiary/aromatic N) is 1. The second-order valence-corrected chi connectivity index (χ2v) is 9.57. The predicted molar refractivity (Wildman–Crippen MR) is 148 cm³/mol. The highest BCUT2D eigenvalue weighted by molar-refractivity contribution is 6.10. The van der Waals surface area contributed by atoms with E-state index in [0.717, 1.165) is 0 Å². The molecule has 1 saturated heterocycles. The molecule has 208 valence electrons. The minimum Gasteiger partial charge on any atom is -0.464 e. The molecule has 2 amide bonds. The van der Waals surface area contributed by atoms with Gasteiger partial charge in [-0.2, -0.15) is 0 Å². The normalized spacial score (nSPS) is 15.6. The minimum absolute atomic E-state index is 0.0155. The number of hydrogen-bond donors (Lipinski definition) is 4. The molecule has 11 heteroatoms. The van der Waals surface area contributed by atoms with Crippen LogP contribution in [0.1, 0.15) is 59.0 Å². The number of aldehydes is 1. The zero-order valence-electron chi connectivity index (χ0n) is 22.1. The fourth-order valence-electron chi connectivity index (χ4n) is 4.88. The largest absolute Gasteiger partial charge is 0.464 e. The Bertz CT molecular complexity index is 1460. The van der Waals surface area contributed by atoms with Crippen molar-refractivity contribution in [3.8, 4) is 0 Å². The molecule has 0 radical (unpaired) electrons. The van der Waals surface area contributed by atoms with Crippen LogP contribution >= 0.6 is 0 Å². The first-order chi connectivity index (χ1) is 19.2. The van der Waals surface area contributed by atoms with Gasteiger partial charge in [-0.1, -0.05) is 18.2 Å². The predicted octanol–water partition coefficient (Wildman–Crippen LogP) is 2.72. The Morgan fingerprint density at radius 1 is 1.20 bits per heavy atom. The third-order valence-electron chi connectivity index (χ3n) is 6.96. The minimum atomic E-state index is -1.11. The molecule has 1 aliphatic heterocycles. The van der Waals surface area contributed by atoms with Crippen molar-refractivity contribution in [2.45, 2.75) is 38.6 Å². The molecule has 1 aromatic heterocycles. The number of hydrogen-bond acceptors (Lipinski definition) is 7. The number of Topliss-reactive ketones (excluding diaryl/α,β-unsaturated/α-hetero) is 1. The lowest BCUT2D eigenvalue weighted by atomic mass is 9.97. The lowest BCUT2D eigenvalue weighted by molar-refractivity contribution is -0.145. The van der Waals surface area contributed by atoms with Crippen LogP contribution in [0.15, 0.2) is 48.5 Å². The topological polar surface area (TPSA) is 176 Å². The number of amides is 2. The molecular weight excluding hydrogens is 514 g/mol. The highest BCUT2D eigenvalue weighted by Crippen LogP contribution is 2.28. The number of fused-ring (bicyclic) bond motifs is 1. The van der Waals surface area contributed by atoms with Crippen molar-refractivity contribution in [1.82, 2.24) is 10.3 Å². The maximum Gasteiger partial charge on any atom is 0.328 e. The van der Waals surface area contributed by atoms with Gasteiger partial charge in [0.15, 0.2) is 6.29 Å². The molecule has 1 aliphatic rings. The fourth-order valence-corrected chi connectivity index (χ4v) is 4.88. The number of nitrogens with one attached hydrogen (secondary N) is 3. The van der Waals surface area contributed by atoms with Gasteiger partial charge >= 0.3 is 5.97 Å². The summed E-state index contributed by atoms with van der Waals surface area (Å²) in [7, 11) is 0. The van der Waals surface area contributed by atoms with Crippen LogP contribution in [0.25, 0.3) is 10.9 Å². The zero-order valence-corrected chi connectivity index (χ0v) is 22.1. The van der Waals surface area contributed by atoms with E-state index in [2.05, 4.69) is 10.3 Å². The Morgan fingerprint density at radius 3 is 2.60 bits per heavy atom. The van der Waals surface area contributed by atoms with Crippen LogP contribution in [0.5, 0.6) is 0 Å². The number of aromatic nitrogens is 1. The summed E-state index contributed by atoms with van der Waals surface area (Å²) in [6.45, 7) is 2.18. The average molecular weight is 546 g/mol. The first kappa shape index (κ1) is 28.2. The Balaban J connectivity index is 1.38. The molecule has 1 unspecified atom stereocenters. The Morgan fingerprint density at radius 2 is 1.93 bits per heavy atom. The number of nitrogens with two attached hydrogens (primary N) is 1. The number of H-pyrrole nitrogens is 1. The molecule has 4 rings (SSSR count). The van der Waals surface area contributed by atoms with Gasteiger partial charge in [-0.25, -0.2) is 4.79 Å². The molecule has 0 bridgehead atoms. The summed E-state index contributed by atoms with van der Waals surface area (Å²) in [5, 5.41) is 10.7. The molecule has 11 nitrogen and oxygen atoms in total. The molecule has 2 aromatic carbocycles. The summed E-state index contributed by atoms with van der Waals surface area (Å²) in [6, 6.07) is 12.6. The van der Waals surface area contributed by atoms with Crippen LogP contribution in [0.3, 0.4) is 0 Å². The van der Waals surface area contributed by atoms with E-state index in [1.54, 1.807) is 60.4 Å². The van der Waals surface area contributed by atoms with Gasteiger partial charge < -0.3 is 25.7 Å². The highest BCUT2D eigenvalue weighted by atomic mass is 16.5. The van der Waals surface area contributed by atoms with Gasteiger partial charge in [0.1, 0.15) is 23.4 Å². The third-order valence-corrected chi connectivity index (χ3v) is 6.96. The molecule has 0 saturated carbocycles. The van der Waals surface area contributed by atoms with E-state index in [4.69, 9.17) is 15.9 Å². The summed E-state index contributed by atoms with van der Waals surface area (Å²) in [5.41, 5.74) is 7.50. The van der Waals surface area contributed by atoms with Crippen molar-refractivity contribution in [3.05, 3.63) is 65.4 Å². The number of aromatic amines is 1. The van der Waals surface area contributed by atoms with Crippen molar-refractivity contribution in [1.29, 1.82) is 5.41 Å². The van der Waals surface area contributed by atoms with Crippen LogP contribution in [-0.2, 0) is 19.1 Å². The van der Waals surface area contributed by atoms with E-state index in [0.29, 0.717) is 41.4 Å². The monoisotopic (exact) mass is 545 g/mol. The second-order valence-electron chi connectivity index (χ2n) is 9.57. The summed E-state index contributed by atoms with van der Waals surface area (Å²) in [5.74, 6) is -2.29. The lowest BCUT2D eigenvalue weighted by Crippen LogP contribution is -2.42. The smallest absolute Gasteiger partial charge is 0.328 e. The number of rotatable bonds is 12. The summed E-state index contributed by atoms with van der Waals surface area (Å²) in [4.78, 5) is 67.7. The molecule has 2 heterocycles. The van der Waals surface area contributed by atoms with Gasteiger partial charge in [0.05, 0.1) is 12.2 Å². The van der Waals surface area contributed by atoms with Crippen LogP contribution in [-0.4, -0.2) is 59.9 Å². The first-order valence-corrected chi connectivity index (χ1v) is 13.0. The Hall–Kier alpha value is -4.80. The highest BCUT2D eigenvalue weighted by Gasteiger charge is 2.34. The van der Waals surface area contributed by atoms with Gasteiger partial charge in [0, 0.05) is 47.5 Å². The molecule has 0 aliphatic carbocycles. The number of ketones is 1. The van der Waals surface area contributed by atoms with Gasteiger partial charge in [-0.05, 0) is 50.1 Å². The number of benzene rings is 2. The van der Waals surface area contributed by atoms with E-state index >= 15 is 0 Å². The molecule has 5 N–H and O–H groups in total. The molecule has 2 atom stereocenters. The maximum absolute atomic E-state index is 13.0. The van der Waals surface area contributed by atoms with Gasteiger partial charge in [-0.15, -0.1) is 0 Å². The molecule has 40 heavy (non-hydrogen) atoms. The quantitative estimate of drug-likeness (QED) is 0.117. The van der Waals surface area contributed by atoms with Gasteiger partial charge in [0.2, 0.25) is 5.91 Å². The van der Waals surface area contributed by atoms with Crippen molar-refractivity contribution in [2.75, 3.05) is 18.1 Å². The number of carbonyl (C=O) groups excluding carboxylic acids is 5. The van der Waals surface area contributed by atoms with Crippen LogP contribution in [0.4, 0.5) is 5.69 Å². The number of esters is 1. The van der Waals surface area contributed by atoms with E-state index in [-0.39, 0.29) is 54.7 Å². The SMILES string of the molecule is CCOC(=O)[C@H](CCC(=O)CC1CCN(c2ccc(C(=N)N)cc2)C1=O)NC(=O)c1[nH]c2ccccc2c1C=O. The maximum atomic E-state index is 13.0. The van der Waals surface area contributed by atoms with Crippen molar-refractivity contribution < 1.29 is 28.7 Å². The molecule has 1 fully saturated rings. The van der Waals surface area contributed by atoms with Crippen molar-refractivity contribution >= 4 is 52.3 Å². The van der Waals surface area contributed by atoms with Crippen molar-refractivity contribution in [3.63, 3.8) is 0 Å². The number of nitrogen functional groups attached to an aromatic ring is 1. The molecule has 3 aromatic rings. The van der Waals surface area contributed by atoms with Crippen molar-refractivity contribution in [2.24, 2.45) is 11.7 Å². The van der Waals surface area contributed by atoms with E-state index in [9.17, 15) is 24.0 Å². The molecular formula is C29H31N5O6. The number of carbonyl (C=O) groups is 5. The van der Waals surface area contributed by atoms with Gasteiger partial charge in [-0.3, -0.25) is 24.6 Å². The van der Waals surface area contributed by atoms with Crippen LogP contribution in [0, 0.1) is 11.3 Å². The second kappa shape index (κ2) is 12.4. The Kier molecular flexibility index (Phi) is 8.73. The zero-order chi connectivity index (χ0) is 28.8. The summed E-state index contributed by atoms with van der Waals surface area (Å²) in [6.07, 6.45) is 1.04. The molecule has 0 spiro atoms. The van der Waals surface area contributed by atoms with Gasteiger partial charge in [0.25, 0.3) is 5.91 Å². The third kappa shape index (κ3) is 6.09. The van der Waals surface area contributed by atoms with E-state index in [1.165, 1.54) is 0 Å². The summed E-state index contributed by atoms with van der Waals surface area (Å²) < 4.78 is 5.10. The average Bonchev–Trinajstić information content (AvgIpc) is 3.51.